The largest absolute Gasteiger partial charge is 0.356 e. The lowest BCUT2D eigenvalue weighted by atomic mass is 10.0. The van der Waals surface area contributed by atoms with Gasteiger partial charge in [0.25, 0.3) is 0 Å². The number of likely N-dealkylation sites (tertiary alicyclic amines) is 1. The van der Waals surface area contributed by atoms with Crippen molar-refractivity contribution < 1.29 is 4.79 Å². The molecule has 3 heterocycles. The van der Waals surface area contributed by atoms with Crippen LogP contribution < -0.4 is 15.5 Å². The molecule has 0 bridgehead atoms. The van der Waals surface area contributed by atoms with Gasteiger partial charge in [0.2, 0.25) is 11.9 Å². The smallest absolute Gasteiger partial charge is 0.224 e. The standard InChI is InChI=1S/C24H34N6O/c1-19(31)26-21-8-6-20(7-9-21)18-29-16-11-22(12-17-29)27-24-25-13-10-23(28-24)30-14-4-2-3-5-15-30/h6-10,13,22H,2-5,11-12,14-18H2,1H3,(H,26,31)(H,25,27,28). The summed E-state index contributed by atoms with van der Waals surface area (Å²) in [7, 11) is 0. The molecule has 0 spiro atoms. The van der Waals surface area contributed by atoms with Crippen LogP contribution >= 0.6 is 0 Å². The molecule has 2 aliphatic heterocycles. The van der Waals surface area contributed by atoms with Gasteiger partial charge in [0.05, 0.1) is 0 Å². The van der Waals surface area contributed by atoms with Gasteiger partial charge < -0.3 is 15.5 Å². The van der Waals surface area contributed by atoms with E-state index in [9.17, 15) is 4.79 Å². The molecule has 166 valence electrons. The second-order valence-electron chi connectivity index (χ2n) is 8.71. The molecule has 1 aromatic carbocycles. The average molecular weight is 423 g/mol. The number of hydrogen-bond donors (Lipinski definition) is 2. The van der Waals surface area contributed by atoms with Crippen molar-refractivity contribution in [3.8, 4) is 0 Å². The molecule has 0 unspecified atom stereocenters. The number of piperidine rings is 1. The fraction of sp³-hybridized carbons (Fsp3) is 0.542. The first-order valence-electron chi connectivity index (χ1n) is 11.6. The quantitative estimate of drug-likeness (QED) is 0.736. The van der Waals surface area contributed by atoms with E-state index in [4.69, 9.17) is 4.98 Å². The molecule has 0 atom stereocenters. The zero-order valence-electron chi connectivity index (χ0n) is 18.5. The summed E-state index contributed by atoms with van der Waals surface area (Å²) in [5.74, 6) is 1.77. The molecular formula is C24H34N6O. The number of amides is 1. The van der Waals surface area contributed by atoms with Crippen molar-refractivity contribution in [3.63, 3.8) is 0 Å². The van der Waals surface area contributed by atoms with Crippen LogP contribution in [0.3, 0.4) is 0 Å². The fourth-order valence-corrected chi connectivity index (χ4v) is 4.47. The van der Waals surface area contributed by atoms with E-state index in [1.165, 1.54) is 38.2 Å². The van der Waals surface area contributed by atoms with Crippen LogP contribution in [0.2, 0.25) is 0 Å². The minimum absolute atomic E-state index is 0.0386. The lowest BCUT2D eigenvalue weighted by molar-refractivity contribution is -0.114. The predicted molar refractivity (Wildman–Crippen MR) is 125 cm³/mol. The van der Waals surface area contributed by atoms with Crippen LogP contribution in [-0.2, 0) is 11.3 Å². The van der Waals surface area contributed by atoms with E-state index in [-0.39, 0.29) is 5.91 Å². The van der Waals surface area contributed by atoms with E-state index in [2.05, 4.69) is 37.6 Å². The molecule has 2 aliphatic rings. The summed E-state index contributed by atoms with van der Waals surface area (Å²) >= 11 is 0. The van der Waals surface area contributed by atoms with Gasteiger partial charge in [-0.1, -0.05) is 25.0 Å². The molecule has 7 nitrogen and oxygen atoms in total. The van der Waals surface area contributed by atoms with Crippen LogP contribution in [0.1, 0.15) is 51.0 Å². The number of carbonyl (C=O) groups is 1. The first-order valence-corrected chi connectivity index (χ1v) is 11.6. The van der Waals surface area contributed by atoms with Crippen molar-refractivity contribution in [2.75, 3.05) is 41.7 Å². The second-order valence-corrected chi connectivity index (χ2v) is 8.71. The molecule has 0 radical (unpaired) electrons. The Morgan fingerprint density at radius 2 is 1.71 bits per heavy atom. The van der Waals surface area contributed by atoms with E-state index in [1.54, 1.807) is 0 Å². The topological polar surface area (TPSA) is 73.4 Å². The highest BCUT2D eigenvalue weighted by molar-refractivity contribution is 5.88. The average Bonchev–Trinajstić information content (AvgIpc) is 3.06. The minimum atomic E-state index is -0.0386. The molecule has 0 saturated carbocycles. The molecule has 2 fully saturated rings. The van der Waals surface area contributed by atoms with Crippen LogP contribution in [0.5, 0.6) is 0 Å². The second kappa shape index (κ2) is 10.6. The van der Waals surface area contributed by atoms with Gasteiger partial charge in [0, 0.05) is 57.6 Å². The highest BCUT2D eigenvalue weighted by atomic mass is 16.1. The molecule has 31 heavy (non-hydrogen) atoms. The first kappa shape index (κ1) is 21.6. The molecule has 1 aromatic heterocycles. The SMILES string of the molecule is CC(=O)Nc1ccc(CN2CCC(Nc3nccc(N4CCCCCC4)n3)CC2)cc1. The highest BCUT2D eigenvalue weighted by Crippen LogP contribution is 2.21. The van der Waals surface area contributed by atoms with Gasteiger partial charge in [0.1, 0.15) is 5.82 Å². The summed E-state index contributed by atoms with van der Waals surface area (Å²) < 4.78 is 0. The van der Waals surface area contributed by atoms with Crippen LogP contribution in [0, 0.1) is 0 Å². The zero-order chi connectivity index (χ0) is 21.5. The van der Waals surface area contributed by atoms with Crippen molar-refractivity contribution in [1.82, 2.24) is 14.9 Å². The van der Waals surface area contributed by atoms with E-state index >= 15 is 0 Å². The first-order chi connectivity index (χ1) is 15.2. The number of anilines is 3. The third kappa shape index (κ3) is 6.40. The number of nitrogens with one attached hydrogen (secondary N) is 2. The van der Waals surface area contributed by atoms with Crippen LogP contribution in [-0.4, -0.2) is 53.0 Å². The van der Waals surface area contributed by atoms with Crippen molar-refractivity contribution in [2.24, 2.45) is 0 Å². The Bertz CT molecular complexity index is 839. The zero-order valence-corrected chi connectivity index (χ0v) is 18.5. The van der Waals surface area contributed by atoms with Gasteiger partial charge in [-0.25, -0.2) is 4.98 Å². The number of carbonyl (C=O) groups excluding carboxylic acids is 1. The number of nitrogens with zero attached hydrogens (tertiary/aromatic N) is 4. The Kier molecular flexibility index (Phi) is 7.35. The minimum Gasteiger partial charge on any atom is -0.356 e. The summed E-state index contributed by atoms with van der Waals surface area (Å²) in [4.78, 5) is 25.3. The summed E-state index contributed by atoms with van der Waals surface area (Å²) in [6, 6.07) is 10.6. The molecular weight excluding hydrogens is 388 g/mol. The maximum atomic E-state index is 11.2. The molecule has 2 N–H and O–H groups in total. The van der Waals surface area contributed by atoms with Crippen LogP contribution in [0.25, 0.3) is 0 Å². The van der Waals surface area contributed by atoms with Crippen LogP contribution in [0.15, 0.2) is 36.5 Å². The van der Waals surface area contributed by atoms with Crippen molar-refractivity contribution in [2.45, 2.75) is 58.0 Å². The number of aromatic nitrogens is 2. The Morgan fingerprint density at radius 1 is 1.00 bits per heavy atom. The van der Waals surface area contributed by atoms with Crippen molar-refractivity contribution in [3.05, 3.63) is 42.1 Å². The maximum absolute atomic E-state index is 11.2. The predicted octanol–water partition coefficient (Wildman–Crippen LogP) is 3.89. The molecule has 1 amide bonds. The molecule has 2 aromatic rings. The highest BCUT2D eigenvalue weighted by Gasteiger charge is 2.20. The van der Waals surface area contributed by atoms with Crippen LogP contribution in [0.4, 0.5) is 17.5 Å². The maximum Gasteiger partial charge on any atom is 0.224 e. The van der Waals surface area contributed by atoms with Gasteiger partial charge in [-0.3, -0.25) is 9.69 Å². The van der Waals surface area contributed by atoms with E-state index in [0.717, 1.165) is 63.0 Å². The number of hydrogen-bond acceptors (Lipinski definition) is 6. The summed E-state index contributed by atoms with van der Waals surface area (Å²) in [6.45, 7) is 6.77. The van der Waals surface area contributed by atoms with Gasteiger partial charge in [-0.15, -0.1) is 0 Å². The Morgan fingerprint density at radius 3 is 2.39 bits per heavy atom. The Labute approximate surface area is 185 Å². The molecule has 7 heteroatoms. The number of rotatable bonds is 6. The molecule has 0 aliphatic carbocycles. The fourth-order valence-electron chi connectivity index (χ4n) is 4.47. The van der Waals surface area contributed by atoms with Gasteiger partial charge in [0.15, 0.2) is 0 Å². The Hall–Kier alpha value is -2.67. The van der Waals surface area contributed by atoms with Crippen molar-refractivity contribution >= 4 is 23.4 Å². The third-order valence-electron chi connectivity index (χ3n) is 6.17. The number of benzene rings is 1. The summed E-state index contributed by atoms with van der Waals surface area (Å²) in [6.07, 6.45) is 9.20. The lowest BCUT2D eigenvalue weighted by Gasteiger charge is -2.32. The molecule has 4 rings (SSSR count). The lowest BCUT2D eigenvalue weighted by Crippen LogP contribution is -2.39. The van der Waals surface area contributed by atoms with E-state index in [0.29, 0.717) is 6.04 Å². The monoisotopic (exact) mass is 422 g/mol. The summed E-state index contributed by atoms with van der Waals surface area (Å²) in [5.41, 5.74) is 2.12. The molecule has 2 saturated heterocycles. The third-order valence-corrected chi connectivity index (χ3v) is 6.17. The van der Waals surface area contributed by atoms with Gasteiger partial charge in [-0.05, 0) is 49.4 Å². The Balaban J connectivity index is 1.25. The van der Waals surface area contributed by atoms with Gasteiger partial charge in [-0.2, -0.15) is 4.98 Å². The normalized spacial score (nSPS) is 18.4. The van der Waals surface area contributed by atoms with Gasteiger partial charge >= 0.3 is 0 Å². The van der Waals surface area contributed by atoms with Crippen molar-refractivity contribution in [1.29, 1.82) is 0 Å². The van der Waals surface area contributed by atoms with E-state index < -0.39 is 0 Å². The van der Waals surface area contributed by atoms with E-state index in [1.807, 2.05) is 24.4 Å². The summed E-state index contributed by atoms with van der Waals surface area (Å²) in [5, 5.41) is 6.39.